The molecule has 4 N–H and O–H groups in total. The first kappa shape index (κ1) is 24.1. The summed E-state index contributed by atoms with van der Waals surface area (Å²) in [4.78, 5) is 36.4. The van der Waals surface area contributed by atoms with Gasteiger partial charge in [0.05, 0.1) is 6.54 Å². The number of anilines is 2. The zero-order valence-corrected chi connectivity index (χ0v) is 17.6. The molecule has 2 fully saturated rings. The predicted molar refractivity (Wildman–Crippen MR) is 109 cm³/mol. The Kier molecular flexibility index (Phi) is 8.21. The van der Waals surface area contributed by atoms with Crippen molar-refractivity contribution in [2.75, 3.05) is 36.8 Å². The lowest BCUT2D eigenvalue weighted by Crippen LogP contribution is -2.59. The minimum atomic E-state index is -4.42. The highest BCUT2D eigenvalue weighted by molar-refractivity contribution is 8.93. The number of nitrogens with zero attached hydrogens (tertiary/aromatic N) is 1. The summed E-state index contributed by atoms with van der Waals surface area (Å²) in [6.45, 7) is -0.126. The molecule has 30 heavy (non-hydrogen) atoms. The van der Waals surface area contributed by atoms with Gasteiger partial charge in [0.25, 0.3) is 0 Å². The highest BCUT2D eigenvalue weighted by atomic mass is 79.9. The van der Waals surface area contributed by atoms with Gasteiger partial charge in [-0.3, -0.25) is 24.6 Å². The fourth-order valence-electron chi connectivity index (χ4n) is 3.36. The molecule has 2 heterocycles. The van der Waals surface area contributed by atoms with Gasteiger partial charge in [0.2, 0.25) is 17.7 Å². The fraction of sp³-hybridized carbons (Fsp3) is 0.500. The Morgan fingerprint density at radius 2 is 1.97 bits per heavy atom. The maximum Gasteiger partial charge on any atom is 0.405 e. The first-order valence-electron chi connectivity index (χ1n) is 9.24. The third-order valence-corrected chi connectivity index (χ3v) is 4.81. The molecule has 0 radical (unpaired) electrons. The molecule has 0 spiro atoms. The number of imide groups is 1. The van der Waals surface area contributed by atoms with E-state index in [0.717, 1.165) is 4.90 Å². The lowest BCUT2D eigenvalue weighted by molar-refractivity contribution is -0.187. The Hall–Kier alpha value is -2.18. The molecule has 2 unspecified atom stereocenters. The van der Waals surface area contributed by atoms with Crippen molar-refractivity contribution in [1.82, 2.24) is 15.5 Å². The normalized spacial score (nSPS) is 22.6. The van der Waals surface area contributed by atoms with Crippen LogP contribution in [0.1, 0.15) is 12.8 Å². The van der Waals surface area contributed by atoms with Crippen LogP contribution >= 0.6 is 17.0 Å². The van der Waals surface area contributed by atoms with Crippen molar-refractivity contribution in [3.05, 3.63) is 24.3 Å². The maximum atomic E-state index is 13.1. The van der Waals surface area contributed by atoms with Crippen molar-refractivity contribution in [2.24, 2.45) is 0 Å². The van der Waals surface area contributed by atoms with Crippen LogP contribution < -0.4 is 21.3 Å². The average Bonchev–Trinajstić information content (AvgIpc) is 2.64. The first-order chi connectivity index (χ1) is 13.7. The number of carbonyl (C=O) groups excluding carboxylic acids is 3. The number of halogens is 4. The van der Waals surface area contributed by atoms with Crippen LogP contribution in [0.25, 0.3) is 0 Å². The van der Waals surface area contributed by atoms with Gasteiger partial charge in [0, 0.05) is 37.4 Å². The number of rotatable bonds is 5. The third-order valence-electron chi connectivity index (χ3n) is 4.81. The molecular weight excluding hydrogens is 471 g/mol. The number of piperidine rings is 1. The molecule has 12 heteroatoms. The SMILES string of the molecule is Br.O=C1CCC(Nc2cccc(NC(=O)CN3CCNCC3C(F)(F)F)c2)C(=O)N1. The quantitative estimate of drug-likeness (QED) is 0.460. The summed E-state index contributed by atoms with van der Waals surface area (Å²) >= 11 is 0. The van der Waals surface area contributed by atoms with E-state index >= 15 is 0 Å². The van der Waals surface area contributed by atoms with Crippen LogP contribution in [0.3, 0.4) is 0 Å². The van der Waals surface area contributed by atoms with Crippen molar-refractivity contribution in [2.45, 2.75) is 31.1 Å². The van der Waals surface area contributed by atoms with E-state index in [1.807, 2.05) is 0 Å². The van der Waals surface area contributed by atoms with Gasteiger partial charge in [-0.25, -0.2) is 0 Å². The summed E-state index contributed by atoms with van der Waals surface area (Å²) in [7, 11) is 0. The highest BCUT2D eigenvalue weighted by Crippen LogP contribution is 2.26. The van der Waals surface area contributed by atoms with Gasteiger partial charge in [-0.2, -0.15) is 13.2 Å². The van der Waals surface area contributed by atoms with Crippen LogP contribution in [0.4, 0.5) is 24.5 Å². The van der Waals surface area contributed by atoms with Crippen LogP contribution in [0.5, 0.6) is 0 Å². The van der Waals surface area contributed by atoms with Crippen LogP contribution in [0, 0.1) is 0 Å². The van der Waals surface area contributed by atoms with E-state index in [2.05, 4.69) is 21.3 Å². The van der Waals surface area contributed by atoms with Crippen LogP contribution in [-0.2, 0) is 14.4 Å². The van der Waals surface area contributed by atoms with E-state index in [1.165, 1.54) is 0 Å². The smallest absolute Gasteiger partial charge is 0.374 e. The number of nitrogens with one attached hydrogen (secondary N) is 4. The second kappa shape index (κ2) is 10.2. The second-order valence-corrected chi connectivity index (χ2v) is 7.01. The van der Waals surface area contributed by atoms with Gasteiger partial charge in [-0.15, -0.1) is 17.0 Å². The number of carbonyl (C=O) groups is 3. The monoisotopic (exact) mass is 493 g/mol. The largest absolute Gasteiger partial charge is 0.405 e. The number of alkyl halides is 3. The summed E-state index contributed by atoms with van der Waals surface area (Å²) in [6, 6.07) is 4.24. The van der Waals surface area contributed by atoms with E-state index in [-0.39, 0.29) is 48.9 Å². The summed E-state index contributed by atoms with van der Waals surface area (Å²) in [6.07, 6.45) is -3.84. The molecular formula is C18H23BrF3N5O3. The van der Waals surface area contributed by atoms with Gasteiger partial charge in [-0.05, 0) is 24.6 Å². The lowest BCUT2D eigenvalue weighted by atomic mass is 10.1. The molecule has 0 bridgehead atoms. The van der Waals surface area contributed by atoms with Crippen molar-refractivity contribution in [1.29, 1.82) is 0 Å². The second-order valence-electron chi connectivity index (χ2n) is 7.01. The molecule has 8 nitrogen and oxygen atoms in total. The molecule has 1 aromatic carbocycles. The molecule has 2 saturated heterocycles. The van der Waals surface area contributed by atoms with E-state index in [9.17, 15) is 27.6 Å². The maximum absolute atomic E-state index is 13.1. The summed E-state index contributed by atoms with van der Waals surface area (Å²) in [5.74, 6) is -1.30. The predicted octanol–water partition coefficient (Wildman–Crippen LogP) is 1.26. The van der Waals surface area contributed by atoms with Crippen LogP contribution in [-0.4, -0.2) is 67.1 Å². The van der Waals surface area contributed by atoms with Crippen molar-refractivity contribution in [3.63, 3.8) is 0 Å². The van der Waals surface area contributed by atoms with Crippen molar-refractivity contribution < 1.29 is 27.6 Å². The minimum Gasteiger partial charge on any atom is -0.374 e. The van der Waals surface area contributed by atoms with E-state index in [4.69, 9.17) is 0 Å². The summed E-state index contributed by atoms with van der Waals surface area (Å²) < 4.78 is 39.4. The molecule has 2 atom stereocenters. The minimum absolute atomic E-state index is 0. The van der Waals surface area contributed by atoms with Gasteiger partial charge >= 0.3 is 6.18 Å². The number of benzene rings is 1. The standard InChI is InChI=1S/C18H22F3N5O3.BrH/c19-18(20,21)14-9-22-6-7-26(14)10-16(28)24-12-3-1-2-11(8-12)23-13-4-5-15(27)25-17(13)29;/h1-3,8,13-14,22-23H,4-7,9-10H2,(H,24,28)(H,25,27,29);1H. The first-order valence-corrected chi connectivity index (χ1v) is 9.24. The molecule has 2 aliphatic heterocycles. The van der Waals surface area contributed by atoms with E-state index in [0.29, 0.717) is 24.3 Å². The Bertz CT molecular complexity index is 793. The molecule has 3 rings (SSSR count). The van der Waals surface area contributed by atoms with Gasteiger partial charge < -0.3 is 16.0 Å². The highest BCUT2D eigenvalue weighted by Gasteiger charge is 2.45. The zero-order valence-electron chi connectivity index (χ0n) is 15.9. The Balaban J connectivity index is 0.00000320. The molecule has 0 aromatic heterocycles. The molecule has 1 aromatic rings. The van der Waals surface area contributed by atoms with Crippen molar-refractivity contribution >= 4 is 46.1 Å². The Morgan fingerprint density at radius 3 is 2.67 bits per heavy atom. The van der Waals surface area contributed by atoms with Crippen LogP contribution in [0.15, 0.2) is 24.3 Å². The number of hydrogen-bond acceptors (Lipinski definition) is 6. The average molecular weight is 494 g/mol. The molecule has 0 saturated carbocycles. The van der Waals surface area contributed by atoms with E-state index in [1.54, 1.807) is 24.3 Å². The topological polar surface area (TPSA) is 103 Å². The van der Waals surface area contributed by atoms with Gasteiger partial charge in [0.15, 0.2) is 0 Å². The molecule has 3 amide bonds. The van der Waals surface area contributed by atoms with E-state index < -0.39 is 30.1 Å². The third kappa shape index (κ3) is 6.41. The number of hydrogen-bond donors (Lipinski definition) is 4. The molecule has 2 aliphatic rings. The Morgan fingerprint density at radius 1 is 1.23 bits per heavy atom. The van der Waals surface area contributed by atoms with Crippen molar-refractivity contribution in [3.8, 4) is 0 Å². The van der Waals surface area contributed by atoms with Gasteiger partial charge in [-0.1, -0.05) is 6.07 Å². The summed E-state index contributed by atoms with van der Waals surface area (Å²) in [5, 5.41) is 10.5. The lowest BCUT2D eigenvalue weighted by Gasteiger charge is -2.36. The summed E-state index contributed by atoms with van der Waals surface area (Å²) in [5.41, 5.74) is 0.943. The fourth-order valence-corrected chi connectivity index (χ4v) is 3.36. The van der Waals surface area contributed by atoms with Gasteiger partial charge in [0.1, 0.15) is 12.1 Å². The Labute approximate surface area is 181 Å². The molecule has 0 aliphatic carbocycles. The van der Waals surface area contributed by atoms with Crippen LogP contribution in [0.2, 0.25) is 0 Å². The molecule has 166 valence electrons. The number of amides is 3. The zero-order chi connectivity index (χ0) is 21.0. The number of piperazine rings is 1.